The predicted molar refractivity (Wildman–Crippen MR) is 142 cm³/mol. The molecule has 36 heavy (non-hydrogen) atoms. The van der Waals surface area contributed by atoms with Gasteiger partial charge in [-0.15, -0.1) is 0 Å². The van der Waals surface area contributed by atoms with Crippen molar-refractivity contribution in [3.05, 3.63) is 57.6 Å². The second kappa shape index (κ2) is 12.4. The smallest absolute Gasteiger partial charge is 0.254 e. The van der Waals surface area contributed by atoms with E-state index in [1.807, 2.05) is 24.3 Å². The van der Waals surface area contributed by atoms with Gasteiger partial charge >= 0.3 is 0 Å². The average Bonchev–Trinajstić information content (AvgIpc) is 3.26. The Bertz CT molecular complexity index is 1040. The lowest BCUT2D eigenvalue weighted by atomic mass is 9.93. The Labute approximate surface area is 222 Å². The summed E-state index contributed by atoms with van der Waals surface area (Å²) in [4.78, 5) is 29.3. The predicted octanol–water partition coefficient (Wildman–Crippen LogP) is 4.81. The summed E-state index contributed by atoms with van der Waals surface area (Å²) in [5, 5.41) is 19.4. The van der Waals surface area contributed by atoms with E-state index in [1.54, 1.807) is 12.1 Å². The third-order valence-corrected chi connectivity index (χ3v) is 8.12. The molecule has 0 aromatic heterocycles. The second-order valence-electron chi connectivity index (χ2n) is 9.75. The van der Waals surface area contributed by atoms with Crippen molar-refractivity contribution >= 4 is 35.0 Å². The van der Waals surface area contributed by atoms with Gasteiger partial charge in [0, 0.05) is 47.2 Å². The summed E-state index contributed by atoms with van der Waals surface area (Å²) < 4.78 is 0. The van der Waals surface area contributed by atoms with Crippen LogP contribution in [-0.4, -0.2) is 70.7 Å². The van der Waals surface area contributed by atoms with Crippen LogP contribution in [0.5, 0.6) is 0 Å². The zero-order valence-corrected chi connectivity index (χ0v) is 22.0. The molecule has 1 aliphatic heterocycles. The van der Waals surface area contributed by atoms with Crippen LogP contribution < -0.4 is 0 Å². The summed E-state index contributed by atoms with van der Waals surface area (Å²) in [6.45, 7) is 0.808. The average molecular weight is 533 g/mol. The highest BCUT2D eigenvalue weighted by Crippen LogP contribution is 2.36. The van der Waals surface area contributed by atoms with Crippen LogP contribution >= 0.6 is 23.2 Å². The largest absolute Gasteiger partial charge is 0.395 e. The molecular formula is C28H34Cl2N2O4. The third-order valence-electron chi connectivity index (χ3n) is 7.45. The molecule has 2 fully saturated rings. The van der Waals surface area contributed by atoms with Crippen LogP contribution in [0, 0.1) is 5.92 Å². The first kappa shape index (κ1) is 26.9. The highest BCUT2D eigenvalue weighted by molar-refractivity contribution is 6.36. The number of nitrogens with zero attached hydrogens (tertiary/aromatic N) is 2. The maximum atomic E-state index is 13.1. The highest BCUT2D eigenvalue weighted by Gasteiger charge is 2.36. The first-order chi connectivity index (χ1) is 17.4. The van der Waals surface area contributed by atoms with Gasteiger partial charge in [-0.05, 0) is 66.6 Å². The van der Waals surface area contributed by atoms with Gasteiger partial charge < -0.3 is 20.0 Å². The molecule has 1 aliphatic carbocycles. The number of likely N-dealkylation sites (tertiary alicyclic amines) is 1. The van der Waals surface area contributed by atoms with E-state index < -0.39 is 0 Å². The first-order valence-corrected chi connectivity index (χ1v) is 13.6. The van der Waals surface area contributed by atoms with Crippen molar-refractivity contribution in [3.63, 3.8) is 0 Å². The van der Waals surface area contributed by atoms with Crippen LogP contribution in [0.2, 0.25) is 10.0 Å². The minimum Gasteiger partial charge on any atom is -0.395 e. The third kappa shape index (κ3) is 6.05. The molecule has 1 saturated heterocycles. The number of carbonyl (C=O) groups excluding carboxylic acids is 2. The zero-order valence-electron chi connectivity index (χ0n) is 20.5. The summed E-state index contributed by atoms with van der Waals surface area (Å²) in [6, 6.07) is 11.2. The number of amides is 2. The van der Waals surface area contributed by atoms with Crippen LogP contribution in [0.15, 0.2) is 36.4 Å². The molecule has 8 heteroatoms. The van der Waals surface area contributed by atoms with Crippen LogP contribution in [0.4, 0.5) is 0 Å². The van der Waals surface area contributed by atoms with Gasteiger partial charge in [0.25, 0.3) is 5.91 Å². The minimum absolute atomic E-state index is 0.0844. The molecule has 4 rings (SSSR count). The molecule has 2 aliphatic rings. The fourth-order valence-electron chi connectivity index (χ4n) is 5.46. The van der Waals surface area contributed by atoms with E-state index in [2.05, 4.69) is 4.90 Å². The Kier molecular flexibility index (Phi) is 9.29. The van der Waals surface area contributed by atoms with E-state index in [9.17, 15) is 19.8 Å². The Balaban J connectivity index is 1.46. The van der Waals surface area contributed by atoms with Crippen molar-refractivity contribution in [1.29, 1.82) is 0 Å². The molecule has 194 valence electrons. The van der Waals surface area contributed by atoms with Crippen molar-refractivity contribution in [3.8, 4) is 11.1 Å². The van der Waals surface area contributed by atoms with E-state index in [4.69, 9.17) is 23.2 Å². The van der Waals surface area contributed by atoms with Gasteiger partial charge in [-0.3, -0.25) is 9.59 Å². The number of rotatable bonds is 9. The van der Waals surface area contributed by atoms with E-state index >= 15 is 0 Å². The quantitative estimate of drug-likeness (QED) is 0.485. The van der Waals surface area contributed by atoms with Gasteiger partial charge in [-0.2, -0.15) is 0 Å². The number of hydrogen-bond donors (Lipinski definition) is 2. The van der Waals surface area contributed by atoms with Crippen molar-refractivity contribution in [2.45, 2.75) is 51.0 Å². The number of aliphatic hydroxyl groups is 2. The van der Waals surface area contributed by atoms with E-state index in [1.165, 1.54) is 24.2 Å². The van der Waals surface area contributed by atoms with Gasteiger partial charge in [0.15, 0.2) is 0 Å². The maximum Gasteiger partial charge on any atom is 0.254 e. The molecule has 1 saturated carbocycles. The number of hydrogen-bond acceptors (Lipinski definition) is 4. The van der Waals surface area contributed by atoms with Gasteiger partial charge in [0.1, 0.15) is 0 Å². The topological polar surface area (TPSA) is 81.1 Å². The molecule has 1 unspecified atom stereocenters. The highest BCUT2D eigenvalue weighted by atomic mass is 35.5. The van der Waals surface area contributed by atoms with E-state index in [-0.39, 0.29) is 44.0 Å². The Morgan fingerprint density at radius 2 is 1.53 bits per heavy atom. The SMILES string of the molecule is O=C(c1ccc(-c2cc(Cl)c(CC3CCN(C4CCCCC4)C3=O)c(Cl)c2)cc1)N(CCO)CCO. The molecule has 6 nitrogen and oxygen atoms in total. The second-order valence-corrected chi connectivity index (χ2v) is 10.6. The van der Waals surface area contributed by atoms with E-state index in [0.29, 0.717) is 28.1 Å². The molecule has 1 atom stereocenters. The van der Waals surface area contributed by atoms with Crippen molar-refractivity contribution in [1.82, 2.24) is 9.80 Å². The summed E-state index contributed by atoms with van der Waals surface area (Å²) in [5.74, 6) is -0.103. The fraction of sp³-hybridized carbons (Fsp3) is 0.500. The molecule has 2 aromatic carbocycles. The van der Waals surface area contributed by atoms with Crippen molar-refractivity contribution in [2.24, 2.45) is 5.92 Å². The number of carbonyl (C=O) groups is 2. The summed E-state index contributed by atoms with van der Waals surface area (Å²) in [5.41, 5.74) is 2.97. The lowest BCUT2D eigenvalue weighted by molar-refractivity contribution is -0.133. The minimum atomic E-state index is -0.250. The van der Waals surface area contributed by atoms with Crippen molar-refractivity contribution in [2.75, 3.05) is 32.8 Å². The molecule has 1 heterocycles. The van der Waals surface area contributed by atoms with Crippen LogP contribution in [0.25, 0.3) is 11.1 Å². The zero-order chi connectivity index (χ0) is 25.7. The Morgan fingerprint density at radius 3 is 2.11 bits per heavy atom. The standard InChI is InChI=1S/C28H34Cl2N2O4/c29-25-17-22(19-6-8-20(9-7-19)27(35)31(12-14-33)13-15-34)18-26(30)24(25)16-21-10-11-32(28(21)36)23-4-2-1-3-5-23/h6-9,17-18,21,23,33-34H,1-5,10-16H2. The Hall–Kier alpha value is -2.12. The van der Waals surface area contributed by atoms with Crippen LogP contribution in [0.3, 0.4) is 0 Å². The monoisotopic (exact) mass is 532 g/mol. The summed E-state index contributed by atoms with van der Waals surface area (Å²) >= 11 is 13.3. The van der Waals surface area contributed by atoms with Gasteiger partial charge in [0.2, 0.25) is 5.91 Å². The summed E-state index contributed by atoms with van der Waals surface area (Å²) in [6.07, 6.45) is 7.28. The fourth-order valence-corrected chi connectivity index (χ4v) is 6.10. The van der Waals surface area contributed by atoms with Gasteiger partial charge in [-0.25, -0.2) is 0 Å². The lowest BCUT2D eigenvalue weighted by Gasteiger charge is -2.31. The number of benzene rings is 2. The first-order valence-electron chi connectivity index (χ1n) is 12.8. The molecule has 0 bridgehead atoms. The number of halogens is 2. The molecular weight excluding hydrogens is 499 g/mol. The van der Waals surface area contributed by atoms with Crippen molar-refractivity contribution < 1.29 is 19.8 Å². The molecule has 2 aromatic rings. The molecule has 2 N–H and O–H groups in total. The normalized spacial score (nSPS) is 18.6. The van der Waals surface area contributed by atoms with Gasteiger partial charge in [0.05, 0.1) is 13.2 Å². The number of aliphatic hydroxyl groups excluding tert-OH is 2. The van der Waals surface area contributed by atoms with Gasteiger partial charge in [-0.1, -0.05) is 54.6 Å². The van der Waals surface area contributed by atoms with Crippen LogP contribution in [0.1, 0.15) is 54.4 Å². The maximum absolute atomic E-state index is 13.1. The molecule has 2 amide bonds. The molecule has 0 radical (unpaired) electrons. The van der Waals surface area contributed by atoms with Crippen LogP contribution in [-0.2, 0) is 11.2 Å². The van der Waals surface area contributed by atoms with E-state index in [0.717, 1.165) is 42.5 Å². The molecule has 0 spiro atoms. The summed E-state index contributed by atoms with van der Waals surface area (Å²) in [7, 11) is 0. The lowest BCUT2D eigenvalue weighted by Crippen LogP contribution is -2.39. The Morgan fingerprint density at radius 1 is 0.917 bits per heavy atom.